The second-order valence-electron chi connectivity index (χ2n) is 11.7. The Morgan fingerprint density at radius 1 is 0.977 bits per heavy atom. The summed E-state index contributed by atoms with van der Waals surface area (Å²) in [5.74, 6) is 2.02. The summed E-state index contributed by atoms with van der Waals surface area (Å²) in [6.45, 7) is 1.47. The number of hydrogen-bond donors (Lipinski definition) is 2. The molecule has 2 aliphatic carbocycles. The van der Waals surface area contributed by atoms with Gasteiger partial charge in [-0.15, -0.1) is 4.80 Å². The van der Waals surface area contributed by atoms with Gasteiger partial charge in [-0.2, -0.15) is 10.2 Å². The molecule has 0 bridgehead atoms. The summed E-state index contributed by atoms with van der Waals surface area (Å²) in [5.41, 5.74) is 11.0. The van der Waals surface area contributed by atoms with Crippen LogP contribution < -0.4 is 11.1 Å². The third kappa shape index (κ3) is 4.62. The molecular formula is C31H31FN10O. The molecule has 1 amide bonds. The van der Waals surface area contributed by atoms with Crippen LogP contribution in [0.15, 0.2) is 61.1 Å². The molecule has 2 atom stereocenters. The quantitative estimate of drug-likeness (QED) is 0.313. The number of amides is 1. The van der Waals surface area contributed by atoms with Crippen molar-refractivity contribution in [3.63, 3.8) is 0 Å². The number of alkyl halides is 1. The minimum atomic E-state index is -1.04. The van der Waals surface area contributed by atoms with Crippen LogP contribution in [0.2, 0.25) is 0 Å². The first-order valence-electron chi connectivity index (χ1n) is 14.8. The number of aromatic nitrogens is 7. The van der Waals surface area contributed by atoms with Crippen molar-refractivity contribution in [1.29, 1.82) is 0 Å². The number of piperidine rings is 1. The van der Waals surface area contributed by atoms with Gasteiger partial charge >= 0.3 is 0 Å². The lowest BCUT2D eigenvalue weighted by Crippen LogP contribution is -2.47. The van der Waals surface area contributed by atoms with Crippen LogP contribution >= 0.6 is 0 Å². The number of carbonyl (C=O) groups excluding carboxylic acids is 1. The number of pyridine rings is 2. The Labute approximate surface area is 246 Å². The number of anilines is 1. The van der Waals surface area contributed by atoms with Gasteiger partial charge in [-0.25, -0.2) is 19.3 Å². The lowest BCUT2D eigenvalue weighted by molar-refractivity contribution is -0.133. The maximum Gasteiger partial charge on any atom is 0.225 e. The standard InChI is InChI=1S/C31H31FN10O/c32-24-17-19-16-21(5-6-22(19)27(24)37-20-9-14-40(15-10-20)31(43)18-3-4-18)41-29(23-2-1-11-34-28(23)33)38-25-7-8-26(39-30(25)41)42-35-12-13-36-42/h1-2,5-8,11-13,16,18,20,24,27,37H,3-4,9-10,14-15,17H2,(H2,33,34)/t24?,27-/m1/s1. The molecule has 4 aromatic heterocycles. The number of likely N-dealkylation sites (tertiary alicyclic amines) is 1. The highest BCUT2D eigenvalue weighted by molar-refractivity contribution is 5.83. The van der Waals surface area contributed by atoms with E-state index in [2.05, 4.69) is 20.5 Å². The molecule has 1 saturated carbocycles. The Balaban J connectivity index is 1.13. The second-order valence-corrected chi connectivity index (χ2v) is 11.7. The number of nitrogens with one attached hydrogen (secondary N) is 1. The summed E-state index contributed by atoms with van der Waals surface area (Å²) < 4.78 is 17.5. The van der Waals surface area contributed by atoms with Crippen molar-refractivity contribution in [2.75, 3.05) is 18.8 Å². The summed E-state index contributed by atoms with van der Waals surface area (Å²) in [4.78, 5) is 29.9. The molecule has 0 spiro atoms. The molecule has 8 rings (SSSR count). The van der Waals surface area contributed by atoms with E-state index in [1.165, 1.54) is 4.80 Å². The van der Waals surface area contributed by atoms with E-state index in [0.717, 1.165) is 55.6 Å². The van der Waals surface area contributed by atoms with Crippen molar-refractivity contribution < 1.29 is 9.18 Å². The van der Waals surface area contributed by atoms with Gasteiger partial charge in [-0.1, -0.05) is 6.07 Å². The smallest absolute Gasteiger partial charge is 0.225 e. The Bertz CT molecular complexity index is 1820. The van der Waals surface area contributed by atoms with Crippen LogP contribution in [-0.4, -0.2) is 70.6 Å². The number of nitrogens with zero attached hydrogens (tertiary/aromatic N) is 8. The predicted molar refractivity (Wildman–Crippen MR) is 158 cm³/mol. The number of nitrogens with two attached hydrogens (primary N) is 1. The molecular weight excluding hydrogens is 547 g/mol. The molecule has 1 aliphatic heterocycles. The molecule has 5 aromatic rings. The van der Waals surface area contributed by atoms with Gasteiger partial charge in [-0.05, 0) is 73.2 Å². The third-order valence-electron chi connectivity index (χ3n) is 8.84. The molecule has 1 unspecified atom stereocenters. The van der Waals surface area contributed by atoms with Crippen LogP contribution in [0.4, 0.5) is 10.2 Å². The largest absolute Gasteiger partial charge is 0.383 e. The number of fused-ring (bicyclic) bond motifs is 2. The molecule has 3 aliphatic rings. The van der Waals surface area contributed by atoms with Crippen molar-refractivity contribution in [3.8, 4) is 22.9 Å². The maximum absolute atomic E-state index is 15.6. The lowest BCUT2D eigenvalue weighted by atomic mass is 10.0. The van der Waals surface area contributed by atoms with Gasteiger partial charge < -0.3 is 16.0 Å². The molecule has 218 valence electrons. The molecule has 11 nitrogen and oxygen atoms in total. The zero-order valence-electron chi connectivity index (χ0n) is 23.5. The second kappa shape index (κ2) is 10.2. The van der Waals surface area contributed by atoms with Gasteiger partial charge in [0.05, 0.1) is 24.0 Å². The normalized spacial score (nSPS) is 20.5. The topological polar surface area (TPSA) is 133 Å². The number of imidazole rings is 1. The van der Waals surface area contributed by atoms with Crippen LogP contribution in [0.25, 0.3) is 34.1 Å². The monoisotopic (exact) mass is 578 g/mol. The number of rotatable bonds is 6. The molecule has 43 heavy (non-hydrogen) atoms. The zero-order chi connectivity index (χ0) is 29.1. The Morgan fingerprint density at radius 3 is 2.56 bits per heavy atom. The lowest BCUT2D eigenvalue weighted by Gasteiger charge is -2.34. The highest BCUT2D eigenvalue weighted by atomic mass is 19.1. The molecule has 0 radical (unpaired) electrons. The first-order chi connectivity index (χ1) is 21.0. The molecule has 2 fully saturated rings. The SMILES string of the molecule is Nc1ncccc1-c1nc2ccc(-n3nccn3)nc2n1-c1ccc2c(c1)CC(F)[C@@H]2NC1CCN(C(=O)C2CC2)CC1. The van der Waals surface area contributed by atoms with E-state index >= 15 is 4.39 Å². The maximum atomic E-state index is 15.6. The number of benzene rings is 1. The van der Waals surface area contributed by atoms with Crippen LogP contribution in [0.5, 0.6) is 0 Å². The van der Waals surface area contributed by atoms with Crippen LogP contribution in [0, 0.1) is 5.92 Å². The van der Waals surface area contributed by atoms with E-state index < -0.39 is 6.17 Å². The number of nitrogen functional groups attached to an aromatic ring is 1. The summed E-state index contributed by atoms with van der Waals surface area (Å²) in [5, 5.41) is 12.0. The molecule has 3 N–H and O–H groups in total. The zero-order valence-corrected chi connectivity index (χ0v) is 23.5. The molecule has 12 heteroatoms. The summed E-state index contributed by atoms with van der Waals surface area (Å²) in [6, 6.07) is 13.2. The summed E-state index contributed by atoms with van der Waals surface area (Å²) in [7, 11) is 0. The Kier molecular flexibility index (Phi) is 6.17. The number of halogens is 1. The fourth-order valence-electron chi connectivity index (χ4n) is 6.46. The van der Waals surface area contributed by atoms with Crippen molar-refractivity contribution >= 4 is 22.9 Å². The number of carbonyl (C=O) groups is 1. The Hall–Kier alpha value is -4.71. The fourth-order valence-corrected chi connectivity index (χ4v) is 6.46. The van der Waals surface area contributed by atoms with Crippen LogP contribution in [-0.2, 0) is 11.2 Å². The van der Waals surface area contributed by atoms with E-state index in [9.17, 15) is 4.79 Å². The minimum absolute atomic E-state index is 0.174. The van der Waals surface area contributed by atoms with E-state index in [-0.39, 0.29) is 18.0 Å². The van der Waals surface area contributed by atoms with Gasteiger partial charge in [0.2, 0.25) is 5.91 Å². The van der Waals surface area contributed by atoms with Gasteiger partial charge in [0.25, 0.3) is 0 Å². The fraction of sp³-hybridized carbons (Fsp3) is 0.355. The predicted octanol–water partition coefficient (Wildman–Crippen LogP) is 3.57. The minimum Gasteiger partial charge on any atom is -0.383 e. The summed E-state index contributed by atoms with van der Waals surface area (Å²) in [6.07, 6.45) is 7.83. The van der Waals surface area contributed by atoms with Crippen molar-refractivity contribution in [3.05, 3.63) is 72.2 Å². The summed E-state index contributed by atoms with van der Waals surface area (Å²) >= 11 is 0. The molecule has 1 saturated heterocycles. The highest BCUT2D eigenvalue weighted by Crippen LogP contribution is 2.38. The van der Waals surface area contributed by atoms with Gasteiger partial charge in [0.15, 0.2) is 17.3 Å². The van der Waals surface area contributed by atoms with E-state index in [0.29, 0.717) is 46.5 Å². The average molecular weight is 579 g/mol. The van der Waals surface area contributed by atoms with Crippen LogP contribution in [0.3, 0.4) is 0 Å². The number of hydrogen-bond acceptors (Lipinski definition) is 8. The Morgan fingerprint density at radius 2 is 1.79 bits per heavy atom. The van der Waals surface area contributed by atoms with E-state index in [4.69, 9.17) is 15.7 Å². The third-order valence-corrected chi connectivity index (χ3v) is 8.84. The van der Waals surface area contributed by atoms with Crippen molar-refractivity contribution in [2.24, 2.45) is 5.92 Å². The van der Waals surface area contributed by atoms with E-state index in [1.54, 1.807) is 18.6 Å². The van der Waals surface area contributed by atoms with Crippen molar-refractivity contribution in [2.45, 2.75) is 50.4 Å². The van der Waals surface area contributed by atoms with Crippen molar-refractivity contribution in [1.82, 2.24) is 44.7 Å². The molecule has 5 heterocycles. The average Bonchev–Trinajstić information content (AvgIpc) is 3.45. The first-order valence-corrected chi connectivity index (χ1v) is 14.8. The first kappa shape index (κ1) is 26.0. The van der Waals surface area contributed by atoms with Gasteiger partial charge in [0.1, 0.15) is 17.5 Å². The van der Waals surface area contributed by atoms with Gasteiger partial charge in [0, 0.05) is 43.4 Å². The van der Waals surface area contributed by atoms with Gasteiger partial charge in [-0.3, -0.25) is 9.36 Å². The van der Waals surface area contributed by atoms with E-state index in [1.807, 2.05) is 51.9 Å². The van der Waals surface area contributed by atoms with Crippen LogP contribution in [0.1, 0.15) is 42.9 Å². The highest BCUT2D eigenvalue weighted by Gasteiger charge is 2.38. The molecule has 1 aromatic carbocycles.